The van der Waals surface area contributed by atoms with Crippen molar-refractivity contribution in [2.45, 2.75) is 0 Å². The smallest absolute Gasteiger partial charge is 0.282 e. The lowest BCUT2D eigenvalue weighted by Gasteiger charge is -2.18. The van der Waals surface area contributed by atoms with Gasteiger partial charge in [0.1, 0.15) is 17.3 Å². The van der Waals surface area contributed by atoms with Gasteiger partial charge in [-0.2, -0.15) is 0 Å². The van der Waals surface area contributed by atoms with Crippen LogP contribution in [-0.4, -0.2) is 18.9 Å². The number of halogens is 2. The Hall–Kier alpha value is -2.70. The van der Waals surface area contributed by atoms with Crippen LogP contribution in [0.3, 0.4) is 0 Å². The zero-order chi connectivity index (χ0) is 20.4. The summed E-state index contributed by atoms with van der Waals surface area (Å²) in [5, 5.41) is 0. The lowest BCUT2D eigenvalue weighted by atomic mass is 10.1. The van der Waals surface area contributed by atoms with Gasteiger partial charge in [-0.25, -0.2) is 4.99 Å². The van der Waals surface area contributed by atoms with Crippen LogP contribution in [0.15, 0.2) is 92.4 Å². The molecule has 3 aromatic carbocycles. The lowest BCUT2D eigenvalue weighted by Crippen LogP contribution is -2.32. The van der Waals surface area contributed by atoms with Crippen LogP contribution >= 0.6 is 31.9 Å². The molecule has 0 unspecified atom stereocenters. The molecule has 0 fully saturated rings. The number of hydrogen-bond donors (Lipinski definition) is 0. The van der Waals surface area contributed by atoms with E-state index in [1.807, 2.05) is 72.8 Å². The highest BCUT2D eigenvalue weighted by molar-refractivity contribution is 9.10. The molecule has 0 saturated carbocycles. The Bertz CT molecular complexity index is 1100. The van der Waals surface area contributed by atoms with Gasteiger partial charge in [0.15, 0.2) is 0 Å². The standard InChI is InChI=1S/C23H16Br2N2O2/c1-29-20-12-4-16(5-13-20)22-26-21(14-15-2-6-17(24)7-3-15)23(28)27(22)19-10-8-18(25)9-11-19/h2-14H,1H3/b21-14+. The third-order valence-corrected chi connectivity index (χ3v) is 5.52. The zero-order valence-corrected chi connectivity index (χ0v) is 18.6. The summed E-state index contributed by atoms with van der Waals surface area (Å²) in [4.78, 5) is 19.6. The van der Waals surface area contributed by atoms with E-state index < -0.39 is 0 Å². The van der Waals surface area contributed by atoms with Gasteiger partial charge in [-0.3, -0.25) is 9.69 Å². The molecule has 0 atom stereocenters. The predicted octanol–water partition coefficient (Wildman–Crippen LogP) is 6.05. The molecule has 4 nitrogen and oxygen atoms in total. The molecule has 144 valence electrons. The number of rotatable bonds is 4. The van der Waals surface area contributed by atoms with Crippen LogP contribution in [0, 0.1) is 0 Å². The molecule has 0 bridgehead atoms. The van der Waals surface area contributed by atoms with E-state index in [2.05, 4.69) is 36.9 Å². The fourth-order valence-electron chi connectivity index (χ4n) is 3.00. The molecule has 0 N–H and O–H groups in total. The number of aliphatic imine (C=N–C) groups is 1. The number of hydrogen-bond acceptors (Lipinski definition) is 3. The molecule has 3 aromatic rings. The Morgan fingerprint density at radius 3 is 2.03 bits per heavy atom. The SMILES string of the molecule is COc1ccc(C2=N/C(=C/c3ccc(Br)cc3)C(=O)N2c2ccc(Br)cc2)cc1. The van der Waals surface area contributed by atoms with Gasteiger partial charge >= 0.3 is 0 Å². The molecular weight excluding hydrogens is 496 g/mol. The fraction of sp³-hybridized carbons (Fsp3) is 0.0435. The number of benzene rings is 3. The number of nitrogens with zero attached hydrogens (tertiary/aromatic N) is 2. The van der Waals surface area contributed by atoms with Crippen molar-refractivity contribution < 1.29 is 9.53 Å². The second kappa shape index (κ2) is 8.35. The summed E-state index contributed by atoms with van der Waals surface area (Å²) in [5.41, 5.74) is 2.89. The fourth-order valence-corrected chi connectivity index (χ4v) is 3.53. The molecule has 0 aliphatic carbocycles. The Morgan fingerprint density at radius 1 is 0.862 bits per heavy atom. The van der Waals surface area contributed by atoms with Gasteiger partial charge in [0.2, 0.25) is 0 Å². The molecule has 4 rings (SSSR count). The van der Waals surface area contributed by atoms with E-state index in [1.54, 1.807) is 18.1 Å². The topological polar surface area (TPSA) is 41.9 Å². The first kappa shape index (κ1) is 19.6. The first-order valence-corrected chi connectivity index (χ1v) is 10.4. The summed E-state index contributed by atoms with van der Waals surface area (Å²) in [6.07, 6.45) is 1.80. The maximum atomic E-state index is 13.3. The number of amides is 1. The number of ether oxygens (including phenoxy) is 1. The van der Waals surface area contributed by atoms with Crippen molar-refractivity contribution in [1.29, 1.82) is 0 Å². The highest BCUT2D eigenvalue weighted by Gasteiger charge is 2.32. The molecule has 0 radical (unpaired) electrons. The van der Waals surface area contributed by atoms with Crippen LogP contribution in [0.2, 0.25) is 0 Å². The van der Waals surface area contributed by atoms with Gasteiger partial charge in [-0.05, 0) is 72.3 Å². The first-order chi connectivity index (χ1) is 14.0. The van der Waals surface area contributed by atoms with E-state index in [0.29, 0.717) is 11.5 Å². The van der Waals surface area contributed by atoms with Gasteiger partial charge in [0.05, 0.1) is 12.8 Å². The van der Waals surface area contributed by atoms with E-state index in [-0.39, 0.29) is 5.91 Å². The summed E-state index contributed by atoms with van der Waals surface area (Å²) in [6, 6.07) is 22.9. The highest BCUT2D eigenvalue weighted by Crippen LogP contribution is 2.29. The monoisotopic (exact) mass is 510 g/mol. The molecule has 1 amide bonds. The van der Waals surface area contributed by atoms with Crippen molar-refractivity contribution in [2.75, 3.05) is 12.0 Å². The molecule has 29 heavy (non-hydrogen) atoms. The maximum absolute atomic E-state index is 13.3. The van der Waals surface area contributed by atoms with Crippen LogP contribution in [0.4, 0.5) is 5.69 Å². The largest absolute Gasteiger partial charge is 0.497 e. The Labute approximate surface area is 185 Å². The van der Waals surface area contributed by atoms with Crippen LogP contribution in [0.1, 0.15) is 11.1 Å². The van der Waals surface area contributed by atoms with Gasteiger partial charge < -0.3 is 4.74 Å². The minimum absolute atomic E-state index is 0.166. The minimum atomic E-state index is -0.166. The van der Waals surface area contributed by atoms with E-state index >= 15 is 0 Å². The van der Waals surface area contributed by atoms with E-state index in [4.69, 9.17) is 4.74 Å². The minimum Gasteiger partial charge on any atom is -0.497 e. The van der Waals surface area contributed by atoms with Crippen molar-refractivity contribution in [3.63, 3.8) is 0 Å². The number of carbonyl (C=O) groups is 1. The van der Waals surface area contributed by atoms with Crippen molar-refractivity contribution in [3.05, 3.63) is 98.6 Å². The third-order valence-electron chi connectivity index (χ3n) is 4.47. The van der Waals surface area contributed by atoms with E-state index in [0.717, 1.165) is 31.5 Å². The average Bonchev–Trinajstić information content (AvgIpc) is 3.06. The lowest BCUT2D eigenvalue weighted by molar-refractivity contribution is -0.113. The van der Waals surface area contributed by atoms with Crippen LogP contribution in [0.5, 0.6) is 5.75 Å². The van der Waals surface area contributed by atoms with Gasteiger partial charge in [0, 0.05) is 14.5 Å². The summed E-state index contributed by atoms with van der Waals surface area (Å²) in [5.74, 6) is 1.17. The molecule has 0 saturated heterocycles. The highest BCUT2D eigenvalue weighted by atomic mass is 79.9. The Morgan fingerprint density at radius 2 is 1.45 bits per heavy atom. The second-order valence-corrected chi connectivity index (χ2v) is 8.19. The van der Waals surface area contributed by atoms with Gasteiger partial charge in [0.25, 0.3) is 5.91 Å². The molecule has 1 aliphatic heterocycles. The second-order valence-electron chi connectivity index (χ2n) is 6.36. The molecule has 6 heteroatoms. The van der Waals surface area contributed by atoms with Gasteiger partial charge in [-0.15, -0.1) is 0 Å². The number of methoxy groups -OCH3 is 1. The van der Waals surface area contributed by atoms with Crippen LogP contribution < -0.4 is 9.64 Å². The van der Waals surface area contributed by atoms with Gasteiger partial charge in [-0.1, -0.05) is 44.0 Å². The summed E-state index contributed by atoms with van der Waals surface area (Å²) in [7, 11) is 1.62. The van der Waals surface area contributed by atoms with Crippen molar-refractivity contribution in [2.24, 2.45) is 4.99 Å². The number of anilines is 1. The van der Waals surface area contributed by atoms with E-state index in [9.17, 15) is 4.79 Å². The molecule has 0 spiro atoms. The molecule has 1 aliphatic rings. The molecule has 0 aromatic heterocycles. The normalized spacial score (nSPS) is 15.0. The van der Waals surface area contributed by atoms with E-state index in [1.165, 1.54) is 0 Å². The van der Waals surface area contributed by atoms with Crippen molar-refractivity contribution in [1.82, 2.24) is 0 Å². The summed E-state index contributed by atoms with van der Waals surface area (Å²) < 4.78 is 7.18. The maximum Gasteiger partial charge on any atom is 0.282 e. The average molecular weight is 512 g/mol. The third kappa shape index (κ3) is 4.18. The summed E-state index contributed by atoms with van der Waals surface area (Å²) >= 11 is 6.87. The van der Waals surface area contributed by atoms with Crippen LogP contribution in [0.25, 0.3) is 6.08 Å². The molecular formula is C23H16Br2N2O2. The van der Waals surface area contributed by atoms with Crippen molar-refractivity contribution in [3.8, 4) is 5.75 Å². The molecule has 1 heterocycles. The number of carbonyl (C=O) groups excluding carboxylic acids is 1. The van der Waals surface area contributed by atoms with Crippen molar-refractivity contribution >= 4 is 55.4 Å². The Kier molecular flexibility index (Phi) is 5.65. The summed E-state index contributed by atoms with van der Waals surface area (Å²) in [6.45, 7) is 0. The Balaban J connectivity index is 1.79. The number of amidine groups is 1. The first-order valence-electron chi connectivity index (χ1n) is 8.85. The van der Waals surface area contributed by atoms with Crippen LogP contribution in [-0.2, 0) is 4.79 Å². The predicted molar refractivity (Wildman–Crippen MR) is 123 cm³/mol. The zero-order valence-electron chi connectivity index (χ0n) is 15.5. The quantitative estimate of drug-likeness (QED) is 0.400.